The number of rotatable bonds is 5. The third kappa shape index (κ3) is 3.48. The van der Waals surface area contributed by atoms with E-state index in [1.165, 1.54) is 11.8 Å². The third-order valence-electron chi connectivity index (χ3n) is 2.75. The summed E-state index contributed by atoms with van der Waals surface area (Å²) in [5, 5.41) is 9.12. The number of carboxylic acids is 1. The van der Waals surface area contributed by atoms with Gasteiger partial charge in [-0.1, -0.05) is 18.5 Å². The number of thioether (sulfide) groups is 1. The van der Waals surface area contributed by atoms with Crippen molar-refractivity contribution in [1.29, 1.82) is 0 Å². The van der Waals surface area contributed by atoms with Gasteiger partial charge in [0.2, 0.25) is 0 Å². The quantitative estimate of drug-likeness (QED) is 0.905. The van der Waals surface area contributed by atoms with Crippen LogP contribution in [0.25, 0.3) is 0 Å². The van der Waals surface area contributed by atoms with Crippen molar-refractivity contribution in [3.8, 4) is 11.5 Å². The molecule has 0 fully saturated rings. The van der Waals surface area contributed by atoms with Crippen LogP contribution in [0.3, 0.4) is 0 Å². The fraction of sp³-hybridized carbons (Fsp3) is 0.462. The maximum atomic E-state index is 11.0. The number of benzene rings is 1. The molecule has 0 bridgehead atoms. The van der Waals surface area contributed by atoms with Gasteiger partial charge < -0.3 is 14.6 Å². The van der Waals surface area contributed by atoms with Crippen LogP contribution in [0.4, 0.5) is 0 Å². The molecule has 0 aromatic heterocycles. The summed E-state index contributed by atoms with van der Waals surface area (Å²) in [6, 6.07) is 3.67. The maximum absolute atomic E-state index is 11.0. The lowest BCUT2D eigenvalue weighted by atomic mass is 10.2. The monoisotopic (exact) mass is 302 g/mol. The first-order chi connectivity index (χ1) is 9.11. The molecule has 1 N–H and O–H groups in total. The summed E-state index contributed by atoms with van der Waals surface area (Å²) in [6.07, 6.45) is 0.596. The highest BCUT2D eigenvalue weighted by atomic mass is 35.5. The first kappa shape index (κ1) is 14.3. The van der Waals surface area contributed by atoms with Gasteiger partial charge in [0.05, 0.1) is 5.02 Å². The highest BCUT2D eigenvalue weighted by Gasteiger charge is 2.19. The second kappa shape index (κ2) is 6.39. The predicted molar refractivity (Wildman–Crippen MR) is 75.5 cm³/mol. The van der Waals surface area contributed by atoms with E-state index in [9.17, 15) is 4.79 Å². The van der Waals surface area contributed by atoms with Gasteiger partial charge in [-0.3, -0.25) is 4.79 Å². The summed E-state index contributed by atoms with van der Waals surface area (Å²) >= 11 is 7.52. The van der Waals surface area contributed by atoms with Crippen LogP contribution in [0.15, 0.2) is 12.1 Å². The van der Waals surface area contributed by atoms with Gasteiger partial charge in [0, 0.05) is 5.75 Å². The first-order valence-corrected chi connectivity index (χ1v) is 7.47. The number of fused-ring (bicyclic) bond motifs is 1. The van der Waals surface area contributed by atoms with Crippen LogP contribution in [-0.2, 0) is 10.5 Å². The van der Waals surface area contributed by atoms with Crippen LogP contribution < -0.4 is 9.47 Å². The fourth-order valence-electron chi connectivity index (χ4n) is 1.81. The van der Waals surface area contributed by atoms with Crippen molar-refractivity contribution in [2.45, 2.75) is 24.3 Å². The topological polar surface area (TPSA) is 55.8 Å². The minimum Gasteiger partial charge on any atom is -0.486 e. The normalized spacial score (nSPS) is 15.1. The second-order valence-corrected chi connectivity index (χ2v) is 5.75. The number of carboxylic acid groups (broad SMARTS) is 1. The molecule has 4 nitrogen and oxygen atoms in total. The minimum absolute atomic E-state index is 0.396. The van der Waals surface area contributed by atoms with Crippen molar-refractivity contribution in [1.82, 2.24) is 0 Å². The molecule has 6 heteroatoms. The molecule has 1 aromatic carbocycles. The van der Waals surface area contributed by atoms with Gasteiger partial charge >= 0.3 is 5.97 Å². The molecule has 1 aromatic rings. The van der Waals surface area contributed by atoms with E-state index in [0.717, 1.165) is 5.56 Å². The van der Waals surface area contributed by atoms with Gasteiger partial charge in [-0.2, -0.15) is 0 Å². The van der Waals surface area contributed by atoms with Crippen LogP contribution in [0.2, 0.25) is 5.02 Å². The van der Waals surface area contributed by atoms with Gasteiger partial charge in [0.15, 0.2) is 11.5 Å². The van der Waals surface area contributed by atoms with Crippen LogP contribution in [0, 0.1) is 0 Å². The molecule has 104 valence electrons. The van der Waals surface area contributed by atoms with Gasteiger partial charge in [-0.25, -0.2) is 0 Å². The fourth-order valence-corrected chi connectivity index (χ4v) is 3.03. The second-order valence-electron chi connectivity index (χ2n) is 4.15. The molecule has 1 atom stereocenters. The van der Waals surface area contributed by atoms with E-state index in [0.29, 0.717) is 41.9 Å². The zero-order valence-corrected chi connectivity index (χ0v) is 12.1. The lowest BCUT2D eigenvalue weighted by molar-refractivity contribution is -0.136. The van der Waals surface area contributed by atoms with E-state index < -0.39 is 11.2 Å². The molecule has 2 rings (SSSR count). The molecule has 1 heterocycles. The Kier molecular flexibility index (Phi) is 4.82. The Bertz CT molecular complexity index is 478. The highest BCUT2D eigenvalue weighted by Crippen LogP contribution is 2.39. The minimum atomic E-state index is -0.781. The standard InChI is InChI=1S/C13H15ClO4S/c1-2-11(13(15)16)19-7-8-5-9(14)12-10(6-8)17-3-4-18-12/h5-6,11H,2-4,7H2,1H3,(H,15,16). The Balaban J connectivity index is 2.09. The summed E-state index contributed by atoms with van der Waals surface area (Å²) in [7, 11) is 0. The molecule has 0 saturated heterocycles. The summed E-state index contributed by atoms with van der Waals surface area (Å²) in [5.74, 6) is 1.02. The summed E-state index contributed by atoms with van der Waals surface area (Å²) in [5.41, 5.74) is 0.943. The summed E-state index contributed by atoms with van der Waals surface area (Å²) in [4.78, 5) is 11.0. The van der Waals surface area contributed by atoms with E-state index in [1.54, 1.807) is 6.07 Å². The SMILES string of the molecule is CCC(SCc1cc(Cl)c2c(c1)OCCO2)C(=O)O. The van der Waals surface area contributed by atoms with Crippen LogP contribution >= 0.6 is 23.4 Å². The van der Waals surface area contributed by atoms with Crippen molar-refractivity contribution in [3.05, 3.63) is 22.7 Å². The molecular weight excluding hydrogens is 288 g/mol. The van der Waals surface area contributed by atoms with E-state index in [4.69, 9.17) is 26.2 Å². The number of aliphatic carboxylic acids is 1. The lowest BCUT2D eigenvalue weighted by Gasteiger charge is -2.20. The highest BCUT2D eigenvalue weighted by molar-refractivity contribution is 7.99. The average molecular weight is 303 g/mol. The Morgan fingerprint density at radius 2 is 2.21 bits per heavy atom. The molecule has 1 aliphatic rings. The van der Waals surface area contributed by atoms with E-state index >= 15 is 0 Å². The molecule has 0 amide bonds. The smallest absolute Gasteiger partial charge is 0.316 e. The molecular formula is C13H15ClO4S. The number of carbonyl (C=O) groups is 1. The Morgan fingerprint density at radius 3 is 2.89 bits per heavy atom. The van der Waals surface area contributed by atoms with Gasteiger partial charge in [-0.15, -0.1) is 11.8 Å². The zero-order valence-electron chi connectivity index (χ0n) is 10.5. The van der Waals surface area contributed by atoms with Crippen molar-refractivity contribution < 1.29 is 19.4 Å². The maximum Gasteiger partial charge on any atom is 0.316 e. The zero-order chi connectivity index (χ0) is 13.8. The predicted octanol–water partition coefficient (Wildman–Crippen LogP) is 3.21. The van der Waals surface area contributed by atoms with Crippen molar-refractivity contribution in [2.24, 2.45) is 0 Å². The van der Waals surface area contributed by atoms with Gasteiger partial charge in [0.1, 0.15) is 18.5 Å². The Hall–Kier alpha value is -1.07. The molecule has 0 spiro atoms. The van der Waals surface area contributed by atoms with Gasteiger partial charge in [0.25, 0.3) is 0 Å². The molecule has 0 aliphatic carbocycles. The van der Waals surface area contributed by atoms with E-state index in [1.807, 2.05) is 13.0 Å². The largest absolute Gasteiger partial charge is 0.486 e. The lowest BCUT2D eigenvalue weighted by Crippen LogP contribution is -2.16. The third-order valence-corrected chi connectivity index (χ3v) is 4.47. The Morgan fingerprint density at radius 1 is 1.47 bits per heavy atom. The molecule has 1 unspecified atom stereocenters. The summed E-state index contributed by atoms with van der Waals surface area (Å²) in [6.45, 7) is 2.87. The molecule has 0 radical (unpaired) electrons. The molecule has 1 aliphatic heterocycles. The van der Waals surface area contributed by atoms with E-state index in [2.05, 4.69) is 0 Å². The molecule has 0 saturated carbocycles. The number of hydrogen-bond donors (Lipinski definition) is 1. The van der Waals surface area contributed by atoms with Crippen LogP contribution in [0.1, 0.15) is 18.9 Å². The van der Waals surface area contributed by atoms with Crippen LogP contribution in [0.5, 0.6) is 11.5 Å². The van der Waals surface area contributed by atoms with Gasteiger partial charge in [-0.05, 0) is 24.1 Å². The van der Waals surface area contributed by atoms with Crippen molar-refractivity contribution >= 4 is 29.3 Å². The molecule has 19 heavy (non-hydrogen) atoms. The van der Waals surface area contributed by atoms with E-state index in [-0.39, 0.29) is 0 Å². The van der Waals surface area contributed by atoms with Crippen molar-refractivity contribution in [3.63, 3.8) is 0 Å². The average Bonchev–Trinajstić information content (AvgIpc) is 2.39. The number of halogens is 1. The van der Waals surface area contributed by atoms with Crippen molar-refractivity contribution in [2.75, 3.05) is 13.2 Å². The summed E-state index contributed by atoms with van der Waals surface area (Å²) < 4.78 is 10.9. The first-order valence-electron chi connectivity index (χ1n) is 6.04. The van der Waals surface area contributed by atoms with Crippen LogP contribution in [-0.4, -0.2) is 29.5 Å². The number of ether oxygens (including phenoxy) is 2. The number of hydrogen-bond acceptors (Lipinski definition) is 4. The Labute approximate surface area is 121 Å².